The molecule has 3 nitrogen and oxygen atoms in total. The molecule has 0 bridgehead atoms. The highest BCUT2D eigenvalue weighted by molar-refractivity contribution is 7.99. The second kappa shape index (κ2) is 7.54. The van der Waals surface area contributed by atoms with Gasteiger partial charge in [0.25, 0.3) is 0 Å². The van der Waals surface area contributed by atoms with Crippen molar-refractivity contribution in [1.29, 1.82) is 0 Å². The summed E-state index contributed by atoms with van der Waals surface area (Å²) in [5.74, 6) is 1.17. The second-order valence-electron chi connectivity index (χ2n) is 4.62. The number of aliphatic hydroxyl groups excluding tert-OH is 1. The standard InChI is InChI=1S/C12H25NO2S/c1-13-12(10-14)6-3-5-11(9-12)16-8-4-7-15-2/h11,13-14H,3-10H2,1-2H3. The molecular weight excluding hydrogens is 222 g/mol. The predicted molar refractivity (Wildman–Crippen MR) is 70.1 cm³/mol. The molecule has 16 heavy (non-hydrogen) atoms. The van der Waals surface area contributed by atoms with E-state index in [0.29, 0.717) is 5.25 Å². The van der Waals surface area contributed by atoms with Crippen molar-refractivity contribution in [1.82, 2.24) is 5.32 Å². The largest absolute Gasteiger partial charge is 0.394 e. The fourth-order valence-corrected chi connectivity index (χ4v) is 3.74. The summed E-state index contributed by atoms with van der Waals surface area (Å²) in [6.45, 7) is 1.12. The summed E-state index contributed by atoms with van der Waals surface area (Å²) < 4.78 is 5.05. The smallest absolute Gasteiger partial charge is 0.0613 e. The number of aliphatic hydroxyl groups is 1. The van der Waals surface area contributed by atoms with Crippen molar-refractivity contribution in [3.63, 3.8) is 0 Å². The van der Waals surface area contributed by atoms with E-state index in [1.54, 1.807) is 7.11 Å². The van der Waals surface area contributed by atoms with Crippen molar-refractivity contribution in [3.05, 3.63) is 0 Å². The average molecular weight is 247 g/mol. The molecule has 0 aromatic rings. The fourth-order valence-electron chi connectivity index (χ4n) is 2.35. The third kappa shape index (κ3) is 4.24. The van der Waals surface area contributed by atoms with Gasteiger partial charge >= 0.3 is 0 Å². The summed E-state index contributed by atoms with van der Waals surface area (Å²) in [4.78, 5) is 0. The van der Waals surface area contributed by atoms with Gasteiger partial charge in [0.05, 0.1) is 6.61 Å². The molecule has 1 fully saturated rings. The molecule has 1 rings (SSSR count). The quantitative estimate of drug-likeness (QED) is 0.671. The van der Waals surface area contributed by atoms with Crippen LogP contribution < -0.4 is 5.32 Å². The van der Waals surface area contributed by atoms with Crippen LogP contribution in [0.4, 0.5) is 0 Å². The number of likely N-dealkylation sites (N-methyl/N-ethyl adjacent to an activating group) is 1. The highest BCUT2D eigenvalue weighted by Gasteiger charge is 2.34. The van der Waals surface area contributed by atoms with E-state index in [0.717, 1.165) is 25.9 Å². The van der Waals surface area contributed by atoms with E-state index in [9.17, 15) is 5.11 Å². The molecule has 2 atom stereocenters. The lowest BCUT2D eigenvalue weighted by molar-refractivity contribution is 0.131. The summed E-state index contributed by atoms with van der Waals surface area (Å²) in [5.41, 5.74) is -0.0167. The average Bonchev–Trinajstić information content (AvgIpc) is 2.35. The molecule has 0 radical (unpaired) electrons. The summed E-state index contributed by atoms with van der Waals surface area (Å²) in [6.07, 6.45) is 5.85. The van der Waals surface area contributed by atoms with Gasteiger partial charge in [-0.15, -0.1) is 0 Å². The predicted octanol–water partition coefficient (Wildman–Crippen LogP) is 1.65. The van der Waals surface area contributed by atoms with Crippen molar-refractivity contribution >= 4 is 11.8 Å². The van der Waals surface area contributed by atoms with E-state index in [-0.39, 0.29) is 12.1 Å². The van der Waals surface area contributed by atoms with Crippen molar-refractivity contribution < 1.29 is 9.84 Å². The van der Waals surface area contributed by atoms with E-state index >= 15 is 0 Å². The summed E-state index contributed by atoms with van der Waals surface area (Å²) >= 11 is 2.04. The van der Waals surface area contributed by atoms with Gasteiger partial charge in [-0.1, -0.05) is 6.42 Å². The number of ether oxygens (including phenoxy) is 1. The maximum Gasteiger partial charge on any atom is 0.0613 e. The van der Waals surface area contributed by atoms with Crippen LogP contribution in [0.25, 0.3) is 0 Å². The van der Waals surface area contributed by atoms with Gasteiger partial charge < -0.3 is 15.2 Å². The lowest BCUT2D eigenvalue weighted by atomic mass is 9.82. The highest BCUT2D eigenvalue weighted by atomic mass is 32.2. The van der Waals surface area contributed by atoms with Gasteiger partial charge in [0, 0.05) is 24.5 Å². The highest BCUT2D eigenvalue weighted by Crippen LogP contribution is 2.34. The number of hydrogen-bond donors (Lipinski definition) is 2. The first-order chi connectivity index (χ1) is 7.76. The van der Waals surface area contributed by atoms with E-state index < -0.39 is 0 Å². The Balaban J connectivity index is 2.27. The lowest BCUT2D eigenvalue weighted by Crippen LogP contribution is -2.50. The van der Waals surface area contributed by atoms with Gasteiger partial charge in [-0.2, -0.15) is 11.8 Å². The SMILES string of the molecule is CNC1(CO)CCCC(SCCCOC)C1. The zero-order valence-corrected chi connectivity index (χ0v) is 11.3. The van der Waals surface area contributed by atoms with Crippen LogP contribution in [0.3, 0.4) is 0 Å². The molecule has 0 spiro atoms. The zero-order valence-electron chi connectivity index (χ0n) is 10.5. The van der Waals surface area contributed by atoms with E-state index in [4.69, 9.17) is 4.74 Å². The summed E-state index contributed by atoms with van der Waals surface area (Å²) in [6, 6.07) is 0. The van der Waals surface area contributed by atoms with Gasteiger partial charge in [-0.25, -0.2) is 0 Å². The van der Waals surface area contributed by atoms with Crippen molar-refractivity contribution in [2.45, 2.75) is 42.9 Å². The van der Waals surface area contributed by atoms with E-state index in [2.05, 4.69) is 5.32 Å². The Kier molecular flexibility index (Phi) is 6.73. The van der Waals surface area contributed by atoms with Crippen LogP contribution >= 0.6 is 11.8 Å². The van der Waals surface area contributed by atoms with Crippen molar-refractivity contribution in [2.24, 2.45) is 0 Å². The topological polar surface area (TPSA) is 41.5 Å². The van der Waals surface area contributed by atoms with Crippen LogP contribution in [0, 0.1) is 0 Å². The van der Waals surface area contributed by atoms with Crippen LogP contribution in [0.15, 0.2) is 0 Å². The zero-order chi connectivity index (χ0) is 11.9. The molecule has 2 unspecified atom stereocenters. The Bertz CT molecular complexity index is 186. The van der Waals surface area contributed by atoms with E-state index in [1.165, 1.54) is 18.6 Å². The first kappa shape index (κ1) is 14.3. The molecule has 0 saturated heterocycles. The van der Waals surface area contributed by atoms with Crippen LogP contribution in [-0.2, 0) is 4.74 Å². The molecule has 0 amide bonds. The first-order valence-corrected chi connectivity index (χ1v) is 7.21. The maximum absolute atomic E-state index is 9.48. The molecule has 0 aromatic heterocycles. The molecule has 1 saturated carbocycles. The molecule has 4 heteroatoms. The number of nitrogens with one attached hydrogen (secondary N) is 1. The van der Waals surface area contributed by atoms with Crippen LogP contribution in [0.1, 0.15) is 32.1 Å². The second-order valence-corrected chi connectivity index (χ2v) is 6.03. The number of hydrogen-bond acceptors (Lipinski definition) is 4. The monoisotopic (exact) mass is 247 g/mol. The first-order valence-electron chi connectivity index (χ1n) is 6.16. The van der Waals surface area contributed by atoms with Crippen LogP contribution in [0.2, 0.25) is 0 Å². The Hall–Kier alpha value is 0.230. The maximum atomic E-state index is 9.48. The van der Waals surface area contributed by atoms with Crippen LogP contribution in [0.5, 0.6) is 0 Å². The molecule has 96 valence electrons. The number of rotatable bonds is 7. The summed E-state index contributed by atoms with van der Waals surface area (Å²) in [7, 11) is 3.72. The minimum Gasteiger partial charge on any atom is -0.394 e. The molecule has 1 aliphatic rings. The normalized spacial score (nSPS) is 30.6. The lowest BCUT2D eigenvalue weighted by Gasteiger charge is -2.39. The van der Waals surface area contributed by atoms with Crippen LogP contribution in [-0.4, -0.2) is 49.0 Å². The van der Waals surface area contributed by atoms with Gasteiger partial charge in [0.1, 0.15) is 0 Å². The van der Waals surface area contributed by atoms with Gasteiger partial charge in [-0.05, 0) is 38.5 Å². The Labute approximate surface area is 103 Å². The minimum atomic E-state index is -0.0167. The molecule has 1 aliphatic carbocycles. The molecule has 2 N–H and O–H groups in total. The van der Waals surface area contributed by atoms with Gasteiger partial charge in [0.15, 0.2) is 0 Å². The Morgan fingerprint density at radius 3 is 3.00 bits per heavy atom. The third-order valence-electron chi connectivity index (χ3n) is 3.48. The minimum absolute atomic E-state index is 0.0167. The number of methoxy groups -OCH3 is 1. The molecular formula is C12H25NO2S. The molecule has 0 aromatic carbocycles. The third-order valence-corrected chi connectivity index (χ3v) is 4.88. The fraction of sp³-hybridized carbons (Fsp3) is 1.00. The van der Waals surface area contributed by atoms with Crippen molar-refractivity contribution in [3.8, 4) is 0 Å². The summed E-state index contributed by atoms with van der Waals surface area (Å²) in [5, 5.41) is 13.5. The Morgan fingerprint density at radius 2 is 2.38 bits per heavy atom. The molecule has 0 aliphatic heterocycles. The van der Waals surface area contributed by atoms with Gasteiger partial charge in [0.2, 0.25) is 0 Å². The molecule has 0 heterocycles. The van der Waals surface area contributed by atoms with Gasteiger partial charge in [-0.3, -0.25) is 0 Å². The van der Waals surface area contributed by atoms with Crippen molar-refractivity contribution in [2.75, 3.05) is 33.1 Å². The number of thioether (sulfide) groups is 1. The van der Waals surface area contributed by atoms with E-state index in [1.807, 2.05) is 18.8 Å². The Morgan fingerprint density at radius 1 is 1.56 bits per heavy atom.